The second-order valence-corrected chi connectivity index (χ2v) is 5.73. The molecule has 0 aliphatic carbocycles. The summed E-state index contributed by atoms with van der Waals surface area (Å²) in [5, 5.41) is 9.12. The summed E-state index contributed by atoms with van der Waals surface area (Å²) in [6.07, 6.45) is 2.87. The molecule has 0 spiro atoms. The van der Waals surface area contributed by atoms with Gasteiger partial charge in [-0.25, -0.2) is 4.79 Å². The summed E-state index contributed by atoms with van der Waals surface area (Å²) >= 11 is 1.68. The van der Waals surface area contributed by atoms with Gasteiger partial charge in [0.25, 0.3) is 0 Å². The highest BCUT2D eigenvalue weighted by molar-refractivity contribution is 7.15. The average Bonchev–Trinajstić information content (AvgIpc) is 2.91. The van der Waals surface area contributed by atoms with Gasteiger partial charge >= 0.3 is 6.09 Å². The minimum absolute atomic E-state index is 0.516. The van der Waals surface area contributed by atoms with Gasteiger partial charge in [0.2, 0.25) is 0 Å². The zero-order valence-corrected chi connectivity index (χ0v) is 11.8. The van der Waals surface area contributed by atoms with E-state index >= 15 is 0 Å². The fraction of sp³-hybridized carbons (Fsp3) is 0.286. The first kappa shape index (κ1) is 13.1. The Kier molecular flexibility index (Phi) is 3.42. The molecule has 1 aliphatic rings. The van der Waals surface area contributed by atoms with E-state index in [0.29, 0.717) is 6.61 Å². The summed E-state index contributed by atoms with van der Waals surface area (Å²) in [5.74, 6) is 0. The fourth-order valence-electron chi connectivity index (χ4n) is 2.27. The zero-order valence-electron chi connectivity index (χ0n) is 10.9. The van der Waals surface area contributed by atoms with Gasteiger partial charge < -0.3 is 9.84 Å². The van der Waals surface area contributed by atoms with Crippen molar-refractivity contribution >= 4 is 17.4 Å². The van der Waals surface area contributed by atoms with Crippen LogP contribution in [0.5, 0.6) is 0 Å². The number of rotatable bonds is 2. The van der Waals surface area contributed by atoms with E-state index in [1.807, 2.05) is 24.4 Å². The predicted octanol–water partition coefficient (Wildman–Crippen LogP) is 2.99. The molecule has 1 unspecified atom stereocenters. The molecule has 0 saturated carbocycles. The van der Waals surface area contributed by atoms with Crippen molar-refractivity contribution in [1.82, 2.24) is 9.88 Å². The van der Waals surface area contributed by atoms with Crippen molar-refractivity contribution in [1.29, 1.82) is 0 Å². The molecule has 0 fully saturated rings. The van der Waals surface area contributed by atoms with Crippen molar-refractivity contribution in [2.24, 2.45) is 0 Å². The molecule has 1 atom stereocenters. The number of fused-ring (bicyclic) bond motifs is 1. The number of carbonyl (C=O) groups is 1. The van der Waals surface area contributed by atoms with Crippen LogP contribution in [0, 0.1) is 0 Å². The van der Waals surface area contributed by atoms with Crippen molar-refractivity contribution in [3.63, 3.8) is 0 Å². The third-order valence-electron chi connectivity index (χ3n) is 3.31. The molecule has 1 aliphatic heterocycles. The topological polar surface area (TPSA) is 62.7 Å². The lowest BCUT2D eigenvalue weighted by molar-refractivity contribution is -0.0465. The Hall–Kier alpha value is -1.92. The number of ether oxygens (including phenoxy) is 1. The third kappa shape index (κ3) is 2.28. The summed E-state index contributed by atoms with van der Waals surface area (Å²) in [4.78, 5) is 18.7. The van der Waals surface area contributed by atoms with Gasteiger partial charge in [-0.1, -0.05) is 6.07 Å². The summed E-state index contributed by atoms with van der Waals surface area (Å²) in [6.45, 7) is 0.544. The SMILES string of the molecule is CN(C(=O)O)C1OCCc2sc(-c3cccnc3)cc21. The Morgan fingerprint density at radius 1 is 1.60 bits per heavy atom. The van der Waals surface area contributed by atoms with Crippen molar-refractivity contribution in [2.75, 3.05) is 13.7 Å². The van der Waals surface area contributed by atoms with Gasteiger partial charge in [-0.2, -0.15) is 0 Å². The van der Waals surface area contributed by atoms with E-state index in [9.17, 15) is 4.79 Å². The quantitative estimate of drug-likeness (QED) is 0.923. The van der Waals surface area contributed by atoms with Crippen LogP contribution in [0.4, 0.5) is 4.79 Å². The van der Waals surface area contributed by atoms with Gasteiger partial charge in [0, 0.05) is 46.7 Å². The molecule has 0 bridgehead atoms. The Morgan fingerprint density at radius 2 is 2.45 bits per heavy atom. The Balaban J connectivity index is 1.99. The number of nitrogens with zero attached hydrogens (tertiary/aromatic N) is 2. The number of hydrogen-bond donors (Lipinski definition) is 1. The second-order valence-electron chi connectivity index (χ2n) is 4.60. The van der Waals surface area contributed by atoms with Crippen molar-refractivity contribution in [3.05, 3.63) is 41.0 Å². The first-order valence-corrected chi connectivity index (χ1v) is 7.09. The third-order valence-corrected chi connectivity index (χ3v) is 4.57. The van der Waals surface area contributed by atoms with E-state index in [1.54, 1.807) is 17.5 Å². The number of aromatic nitrogens is 1. The van der Waals surface area contributed by atoms with Crippen LogP contribution in [0.25, 0.3) is 10.4 Å². The van der Waals surface area contributed by atoms with Crippen LogP contribution < -0.4 is 0 Å². The van der Waals surface area contributed by atoms with Gasteiger partial charge in [-0.05, 0) is 12.1 Å². The molecule has 5 nitrogen and oxygen atoms in total. The second kappa shape index (κ2) is 5.22. The largest absolute Gasteiger partial charge is 0.465 e. The zero-order chi connectivity index (χ0) is 14.1. The molecule has 1 N–H and O–H groups in total. The molecule has 3 heterocycles. The molecular formula is C14H14N2O3S. The Labute approximate surface area is 120 Å². The first-order chi connectivity index (χ1) is 9.66. The molecule has 0 saturated heterocycles. The predicted molar refractivity (Wildman–Crippen MR) is 75.7 cm³/mol. The van der Waals surface area contributed by atoms with E-state index in [2.05, 4.69) is 4.98 Å². The van der Waals surface area contributed by atoms with Gasteiger partial charge in [-0.15, -0.1) is 11.3 Å². The maximum atomic E-state index is 11.1. The Bertz CT molecular complexity index is 627. The van der Waals surface area contributed by atoms with Crippen molar-refractivity contribution in [3.8, 4) is 10.4 Å². The highest BCUT2D eigenvalue weighted by Crippen LogP contribution is 2.39. The highest BCUT2D eigenvalue weighted by Gasteiger charge is 2.29. The molecule has 3 rings (SSSR count). The normalized spacial score (nSPS) is 17.6. The lowest BCUT2D eigenvalue weighted by atomic mass is 10.1. The van der Waals surface area contributed by atoms with Crippen LogP contribution in [0.1, 0.15) is 16.7 Å². The van der Waals surface area contributed by atoms with Crippen LogP contribution in [-0.2, 0) is 11.2 Å². The Morgan fingerprint density at radius 3 is 3.15 bits per heavy atom. The number of carboxylic acid groups (broad SMARTS) is 1. The lowest BCUT2D eigenvalue weighted by Crippen LogP contribution is -2.34. The maximum absolute atomic E-state index is 11.1. The van der Waals surface area contributed by atoms with Crippen LogP contribution in [-0.4, -0.2) is 34.7 Å². The smallest absolute Gasteiger partial charge is 0.409 e. The fourth-order valence-corrected chi connectivity index (χ4v) is 3.42. The van der Waals surface area contributed by atoms with E-state index in [4.69, 9.17) is 9.84 Å². The van der Waals surface area contributed by atoms with Crippen molar-refractivity contribution in [2.45, 2.75) is 12.6 Å². The van der Waals surface area contributed by atoms with E-state index in [1.165, 1.54) is 16.8 Å². The molecule has 0 radical (unpaired) electrons. The van der Waals surface area contributed by atoms with E-state index < -0.39 is 12.3 Å². The molecule has 2 aromatic rings. The monoisotopic (exact) mass is 290 g/mol. The molecule has 20 heavy (non-hydrogen) atoms. The maximum Gasteiger partial charge on any atom is 0.409 e. The molecule has 0 aromatic carbocycles. The summed E-state index contributed by atoms with van der Waals surface area (Å²) < 4.78 is 5.61. The average molecular weight is 290 g/mol. The summed E-state index contributed by atoms with van der Waals surface area (Å²) in [5.41, 5.74) is 1.99. The molecule has 6 heteroatoms. The van der Waals surface area contributed by atoms with E-state index in [0.717, 1.165) is 22.4 Å². The highest BCUT2D eigenvalue weighted by atomic mass is 32.1. The van der Waals surface area contributed by atoms with Gasteiger partial charge in [0.1, 0.15) is 0 Å². The molecule has 1 amide bonds. The lowest BCUT2D eigenvalue weighted by Gasteiger charge is -2.29. The molecular weight excluding hydrogens is 276 g/mol. The van der Waals surface area contributed by atoms with Crippen molar-refractivity contribution < 1.29 is 14.6 Å². The van der Waals surface area contributed by atoms with Crippen LogP contribution >= 0.6 is 11.3 Å². The number of hydrogen-bond acceptors (Lipinski definition) is 4. The number of amides is 1. The molecule has 104 valence electrons. The molecule has 2 aromatic heterocycles. The number of thiophene rings is 1. The minimum Gasteiger partial charge on any atom is -0.465 e. The summed E-state index contributed by atoms with van der Waals surface area (Å²) in [6, 6.07) is 5.91. The van der Waals surface area contributed by atoms with Gasteiger partial charge in [0.05, 0.1) is 6.61 Å². The van der Waals surface area contributed by atoms with Gasteiger partial charge in [-0.3, -0.25) is 9.88 Å². The van der Waals surface area contributed by atoms with Crippen LogP contribution in [0.3, 0.4) is 0 Å². The van der Waals surface area contributed by atoms with E-state index in [-0.39, 0.29) is 0 Å². The van der Waals surface area contributed by atoms with Crippen LogP contribution in [0.15, 0.2) is 30.6 Å². The summed E-state index contributed by atoms with van der Waals surface area (Å²) in [7, 11) is 1.53. The number of pyridine rings is 1. The standard InChI is InChI=1S/C14H14N2O3S/c1-16(14(17)18)13-10-7-12(9-3-2-5-15-8-9)20-11(10)4-6-19-13/h2-3,5,7-8,13H,4,6H2,1H3,(H,17,18). The first-order valence-electron chi connectivity index (χ1n) is 6.27. The minimum atomic E-state index is -0.989. The van der Waals surface area contributed by atoms with Crippen LogP contribution in [0.2, 0.25) is 0 Å². The van der Waals surface area contributed by atoms with Gasteiger partial charge in [0.15, 0.2) is 6.23 Å².